The van der Waals surface area contributed by atoms with Gasteiger partial charge in [-0.15, -0.1) is 0 Å². The summed E-state index contributed by atoms with van der Waals surface area (Å²) >= 11 is 3.31. The molecule has 142 valence electrons. The molecule has 9 heteroatoms. The fourth-order valence-electron chi connectivity index (χ4n) is 3.59. The van der Waals surface area contributed by atoms with E-state index in [1.807, 2.05) is 6.07 Å². The van der Waals surface area contributed by atoms with Crippen molar-refractivity contribution in [1.29, 1.82) is 5.26 Å². The van der Waals surface area contributed by atoms with Gasteiger partial charge in [-0.05, 0) is 47.3 Å². The molecule has 1 aliphatic rings. The molecule has 0 saturated carbocycles. The van der Waals surface area contributed by atoms with E-state index in [1.54, 1.807) is 18.3 Å². The van der Waals surface area contributed by atoms with Gasteiger partial charge in [0, 0.05) is 29.0 Å². The number of hydrogen-bond acceptors (Lipinski definition) is 5. The molecular formula is C19H16BrN5O3. The van der Waals surface area contributed by atoms with E-state index in [-0.39, 0.29) is 17.7 Å². The molecule has 4 rings (SSSR count). The highest BCUT2D eigenvalue weighted by Gasteiger charge is 2.21. The third kappa shape index (κ3) is 3.10. The topological polar surface area (TPSA) is 102 Å². The molecule has 0 radical (unpaired) electrons. The van der Waals surface area contributed by atoms with Gasteiger partial charge in [0.2, 0.25) is 0 Å². The molecule has 0 N–H and O–H groups in total. The van der Waals surface area contributed by atoms with E-state index >= 15 is 0 Å². The molecule has 0 aromatic carbocycles. The van der Waals surface area contributed by atoms with Crippen LogP contribution in [0, 0.1) is 11.3 Å². The molecule has 0 fully saturated rings. The number of nitriles is 1. The molecule has 0 atom stereocenters. The Balaban J connectivity index is 1.88. The molecule has 3 aromatic heterocycles. The minimum Gasteiger partial charge on any atom is -0.296 e. The van der Waals surface area contributed by atoms with Crippen LogP contribution in [-0.4, -0.2) is 18.5 Å². The fourth-order valence-corrected chi connectivity index (χ4v) is 3.93. The Morgan fingerprint density at radius 2 is 2.00 bits per heavy atom. The summed E-state index contributed by atoms with van der Waals surface area (Å²) in [6.07, 6.45) is 4.75. The maximum Gasteiger partial charge on any atom is 0.331 e. The van der Waals surface area contributed by atoms with Gasteiger partial charge >= 0.3 is 5.69 Å². The van der Waals surface area contributed by atoms with Crippen molar-refractivity contribution < 1.29 is 0 Å². The average molecular weight is 442 g/mol. The van der Waals surface area contributed by atoms with Gasteiger partial charge in [-0.3, -0.25) is 23.1 Å². The van der Waals surface area contributed by atoms with Crippen LogP contribution in [0.1, 0.15) is 36.2 Å². The molecule has 0 unspecified atom stereocenters. The summed E-state index contributed by atoms with van der Waals surface area (Å²) in [7, 11) is 0. The summed E-state index contributed by atoms with van der Waals surface area (Å²) in [6, 6.07) is 6.69. The third-order valence-electron chi connectivity index (χ3n) is 4.94. The van der Waals surface area contributed by atoms with Crippen molar-refractivity contribution >= 4 is 21.6 Å². The first-order chi connectivity index (χ1) is 13.5. The zero-order valence-electron chi connectivity index (χ0n) is 14.9. The van der Waals surface area contributed by atoms with Crippen molar-refractivity contribution in [1.82, 2.24) is 18.5 Å². The lowest BCUT2D eigenvalue weighted by atomic mass is 10.1. The molecule has 8 nitrogen and oxygen atoms in total. The van der Waals surface area contributed by atoms with E-state index in [4.69, 9.17) is 0 Å². The van der Waals surface area contributed by atoms with Crippen LogP contribution in [0.3, 0.4) is 0 Å². The van der Waals surface area contributed by atoms with Crippen LogP contribution in [0.25, 0.3) is 5.65 Å². The molecule has 4 heterocycles. The molecule has 28 heavy (non-hydrogen) atoms. The highest BCUT2D eigenvalue weighted by atomic mass is 79.9. The van der Waals surface area contributed by atoms with Crippen LogP contribution in [-0.2, 0) is 19.5 Å². The van der Waals surface area contributed by atoms with Crippen molar-refractivity contribution in [2.75, 3.05) is 0 Å². The maximum atomic E-state index is 13.0. The highest BCUT2D eigenvalue weighted by molar-refractivity contribution is 9.10. The number of nitrogens with zero attached hydrogens (tertiary/aromatic N) is 5. The Labute approximate surface area is 167 Å². The van der Waals surface area contributed by atoms with Crippen LogP contribution in [0.4, 0.5) is 0 Å². The largest absolute Gasteiger partial charge is 0.331 e. The SMILES string of the molecule is N#Cc1c2n(c(=O)n(Cc3cc(=O)n4cc(Br)ccc4n3)c1=O)CCCCC2. The Morgan fingerprint density at radius 3 is 2.79 bits per heavy atom. The van der Waals surface area contributed by atoms with Crippen molar-refractivity contribution in [3.63, 3.8) is 0 Å². The Kier molecular flexibility index (Phi) is 4.73. The standard InChI is InChI=1S/C19H16BrN5O3/c20-12-5-6-16-22-13(8-17(26)24(16)10-12)11-25-18(27)14(9-21)15-4-2-1-3-7-23(15)19(25)28/h5-6,8,10H,1-4,7,11H2. The number of hydrogen-bond donors (Lipinski definition) is 0. The predicted molar refractivity (Wildman–Crippen MR) is 105 cm³/mol. The number of fused-ring (bicyclic) bond motifs is 2. The molecule has 1 aliphatic heterocycles. The summed E-state index contributed by atoms with van der Waals surface area (Å²) in [5.74, 6) is 0. The lowest BCUT2D eigenvalue weighted by Crippen LogP contribution is -2.43. The fraction of sp³-hybridized carbons (Fsp3) is 0.316. The van der Waals surface area contributed by atoms with Crippen LogP contribution < -0.4 is 16.8 Å². The summed E-state index contributed by atoms with van der Waals surface area (Å²) < 4.78 is 4.64. The lowest BCUT2D eigenvalue weighted by Gasteiger charge is -2.14. The van der Waals surface area contributed by atoms with E-state index in [1.165, 1.54) is 15.0 Å². The quantitative estimate of drug-likeness (QED) is 0.598. The van der Waals surface area contributed by atoms with Gasteiger partial charge in [-0.25, -0.2) is 9.78 Å². The Hall–Kier alpha value is -2.99. The Morgan fingerprint density at radius 1 is 1.18 bits per heavy atom. The molecule has 0 spiro atoms. The Bertz CT molecular complexity index is 1310. The van der Waals surface area contributed by atoms with E-state index in [2.05, 4.69) is 20.9 Å². The van der Waals surface area contributed by atoms with Gasteiger partial charge in [-0.2, -0.15) is 5.26 Å². The van der Waals surface area contributed by atoms with Crippen LogP contribution in [0.5, 0.6) is 0 Å². The minimum absolute atomic E-state index is 0.00272. The summed E-state index contributed by atoms with van der Waals surface area (Å²) in [5, 5.41) is 9.51. The van der Waals surface area contributed by atoms with E-state index in [0.717, 1.165) is 28.3 Å². The van der Waals surface area contributed by atoms with E-state index < -0.39 is 11.2 Å². The zero-order valence-corrected chi connectivity index (χ0v) is 16.5. The smallest absolute Gasteiger partial charge is 0.296 e. The molecule has 0 saturated heterocycles. The van der Waals surface area contributed by atoms with Crippen molar-refractivity contribution in [3.8, 4) is 6.07 Å². The summed E-state index contributed by atoms with van der Waals surface area (Å²) in [4.78, 5) is 42.5. The van der Waals surface area contributed by atoms with E-state index in [9.17, 15) is 19.6 Å². The van der Waals surface area contributed by atoms with Gasteiger partial charge < -0.3 is 0 Å². The van der Waals surface area contributed by atoms with Crippen molar-refractivity contribution in [2.45, 2.75) is 38.8 Å². The van der Waals surface area contributed by atoms with Gasteiger partial charge in [0.25, 0.3) is 11.1 Å². The first kappa shape index (κ1) is 18.4. The minimum atomic E-state index is -0.626. The number of rotatable bonds is 2. The molecular weight excluding hydrogens is 426 g/mol. The van der Waals surface area contributed by atoms with Crippen molar-refractivity contribution in [3.05, 3.63) is 77.0 Å². The molecule has 0 amide bonds. The zero-order chi connectivity index (χ0) is 19.8. The van der Waals surface area contributed by atoms with Crippen LogP contribution in [0.15, 0.2) is 43.3 Å². The second-order valence-corrected chi connectivity index (χ2v) is 7.65. The maximum absolute atomic E-state index is 13.0. The molecule has 0 bridgehead atoms. The lowest BCUT2D eigenvalue weighted by molar-refractivity contribution is 0.549. The van der Waals surface area contributed by atoms with Gasteiger partial charge in [-0.1, -0.05) is 6.42 Å². The predicted octanol–water partition coefficient (Wildman–Crippen LogP) is 1.43. The normalized spacial score (nSPS) is 13.7. The highest BCUT2D eigenvalue weighted by Crippen LogP contribution is 2.14. The summed E-state index contributed by atoms with van der Waals surface area (Å²) in [6.45, 7) is 0.319. The number of pyridine rings is 1. The van der Waals surface area contributed by atoms with Crippen LogP contribution in [0.2, 0.25) is 0 Å². The average Bonchev–Trinajstić information content (AvgIpc) is 2.92. The van der Waals surface area contributed by atoms with Gasteiger partial charge in [0.1, 0.15) is 17.3 Å². The first-order valence-corrected chi connectivity index (χ1v) is 9.73. The van der Waals surface area contributed by atoms with E-state index in [0.29, 0.717) is 30.0 Å². The molecule has 3 aromatic rings. The monoisotopic (exact) mass is 441 g/mol. The first-order valence-electron chi connectivity index (χ1n) is 8.94. The van der Waals surface area contributed by atoms with Gasteiger partial charge in [0.15, 0.2) is 0 Å². The second kappa shape index (κ2) is 7.20. The second-order valence-electron chi connectivity index (χ2n) is 6.73. The van der Waals surface area contributed by atoms with Crippen LogP contribution >= 0.6 is 15.9 Å². The number of aromatic nitrogens is 4. The summed E-state index contributed by atoms with van der Waals surface area (Å²) in [5.41, 5.74) is -0.175. The van der Waals surface area contributed by atoms with Crippen molar-refractivity contribution in [2.24, 2.45) is 0 Å². The number of halogens is 1. The van der Waals surface area contributed by atoms with Gasteiger partial charge in [0.05, 0.1) is 12.2 Å². The molecule has 0 aliphatic carbocycles. The third-order valence-corrected chi connectivity index (χ3v) is 5.41.